The van der Waals surface area contributed by atoms with Gasteiger partial charge in [0.15, 0.2) is 0 Å². The second kappa shape index (κ2) is 7.46. The normalized spacial score (nSPS) is 12.8. The molecule has 19 heavy (non-hydrogen) atoms. The van der Waals surface area contributed by atoms with E-state index in [2.05, 4.69) is 19.2 Å². The Morgan fingerprint density at radius 3 is 2.53 bits per heavy atom. The van der Waals surface area contributed by atoms with Crippen LogP contribution in [0.3, 0.4) is 0 Å². The first kappa shape index (κ1) is 15.9. The maximum atomic E-state index is 14.0. The summed E-state index contributed by atoms with van der Waals surface area (Å²) in [6.07, 6.45) is 0. The van der Waals surface area contributed by atoms with Gasteiger partial charge in [-0.15, -0.1) is 0 Å². The molecule has 0 aromatic heterocycles. The van der Waals surface area contributed by atoms with Crippen LogP contribution in [-0.2, 0) is 6.54 Å². The first-order valence-electron chi connectivity index (χ1n) is 6.78. The highest BCUT2D eigenvalue weighted by Crippen LogP contribution is 2.21. The average Bonchev–Trinajstić information content (AvgIpc) is 2.36. The minimum atomic E-state index is -0.244. The Labute approximate surface area is 115 Å². The molecule has 1 rings (SSSR count). The Morgan fingerprint density at radius 1 is 1.32 bits per heavy atom. The molecule has 108 valence electrons. The Bertz CT molecular complexity index is 396. The van der Waals surface area contributed by atoms with Gasteiger partial charge in [-0.2, -0.15) is 0 Å². The highest BCUT2D eigenvalue weighted by molar-refractivity contribution is 5.49. The van der Waals surface area contributed by atoms with Crippen LogP contribution < -0.4 is 10.2 Å². The summed E-state index contributed by atoms with van der Waals surface area (Å²) >= 11 is 0. The monoisotopic (exact) mass is 268 g/mol. The van der Waals surface area contributed by atoms with Crippen molar-refractivity contribution < 1.29 is 9.50 Å². The number of likely N-dealkylation sites (N-methyl/N-ethyl adjacent to an activating group) is 1. The summed E-state index contributed by atoms with van der Waals surface area (Å²) in [5.74, 6) is 0.340. The van der Waals surface area contributed by atoms with Gasteiger partial charge in [-0.1, -0.05) is 19.9 Å². The van der Waals surface area contributed by atoms with Gasteiger partial charge in [-0.3, -0.25) is 0 Å². The fourth-order valence-electron chi connectivity index (χ4n) is 1.81. The molecule has 0 aliphatic heterocycles. The molecule has 0 aliphatic carbocycles. The Kier molecular flexibility index (Phi) is 6.25. The molecule has 1 unspecified atom stereocenters. The predicted molar refractivity (Wildman–Crippen MR) is 77.9 cm³/mol. The summed E-state index contributed by atoms with van der Waals surface area (Å²) in [7, 11) is 1.79. The smallest absolute Gasteiger partial charge is 0.146 e. The fraction of sp³-hybridized carbons (Fsp3) is 0.600. The van der Waals surface area contributed by atoms with E-state index in [-0.39, 0.29) is 18.5 Å². The van der Waals surface area contributed by atoms with Gasteiger partial charge in [-0.05, 0) is 37.1 Å². The summed E-state index contributed by atoms with van der Waals surface area (Å²) in [5.41, 5.74) is 1.46. The molecule has 0 saturated heterocycles. The Balaban J connectivity index is 2.69. The van der Waals surface area contributed by atoms with Crippen molar-refractivity contribution in [2.24, 2.45) is 5.92 Å². The first-order valence-corrected chi connectivity index (χ1v) is 6.78. The highest BCUT2D eigenvalue weighted by Gasteiger charge is 2.13. The number of anilines is 1. The van der Waals surface area contributed by atoms with E-state index in [1.165, 1.54) is 0 Å². The maximum absolute atomic E-state index is 14.0. The number of halogens is 1. The van der Waals surface area contributed by atoms with Gasteiger partial charge >= 0.3 is 0 Å². The highest BCUT2D eigenvalue weighted by atomic mass is 19.1. The molecule has 0 aliphatic rings. The molecular formula is C15H25FN2O. The van der Waals surface area contributed by atoms with Crippen molar-refractivity contribution in [2.45, 2.75) is 33.4 Å². The third-order valence-corrected chi connectivity index (χ3v) is 3.20. The zero-order valence-corrected chi connectivity index (χ0v) is 12.3. The standard InChI is InChI=1S/C15H25FN2O/c1-11(2)8-17-9-13-5-6-15(14(16)7-13)18(4)12(3)10-19/h5-7,11-12,17,19H,8-10H2,1-4H3. The SMILES string of the molecule is CC(C)CNCc1ccc(N(C)C(C)CO)c(F)c1. The molecule has 4 heteroatoms. The van der Waals surface area contributed by atoms with Crippen LogP contribution in [0.4, 0.5) is 10.1 Å². The van der Waals surface area contributed by atoms with Crippen molar-refractivity contribution in [1.29, 1.82) is 0 Å². The van der Waals surface area contributed by atoms with Crippen LogP contribution in [0, 0.1) is 11.7 Å². The molecular weight excluding hydrogens is 243 g/mol. The fourth-order valence-corrected chi connectivity index (χ4v) is 1.81. The quantitative estimate of drug-likeness (QED) is 0.797. The van der Waals surface area contributed by atoms with Crippen LogP contribution in [-0.4, -0.2) is 31.3 Å². The minimum absolute atomic E-state index is 0.00757. The molecule has 0 heterocycles. The lowest BCUT2D eigenvalue weighted by molar-refractivity contribution is 0.269. The molecule has 1 atom stereocenters. The van der Waals surface area contributed by atoms with Gasteiger partial charge in [0.05, 0.1) is 12.3 Å². The molecule has 0 amide bonds. The van der Waals surface area contributed by atoms with E-state index in [1.807, 2.05) is 13.0 Å². The van der Waals surface area contributed by atoms with Gasteiger partial charge in [0.25, 0.3) is 0 Å². The zero-order chi connectivity index (χ0) is 14.4. The molecule has 0 radical (unpaired) electrons. The van der Waals surface area contributed by atoms with Crippen molar-refractivity contribution in [2.75, 3.05) is 25.1 Å². The van der Waals surface area contributed by atoms with Crippen LogP contribution in [0.2, 0.25) is 0 Å². The number of hydrogen-bond acceptors (Lipinski definition) is 3. The van der Waals surface area contributed by atoms with Crippen molar-refractivity contribution in [3.8, 4) is 0 Å². The van der Waals surface area contributed by atoms with E-state index in [0.717, 1.165) is 12.1 Å². The van der Waals surface area contributed by atoms with Gasteiger partial charge in [0, 0.05) is 19.6 Å². The summed E-state index contributed by atoms with van der Waals surface area (Å²) in [5, 5.41) is 12.4. The van der Waals surface area contributed by atoms with E-state index >= 15 is 0 Å². The average molecular weight is 268 g/mol. The largest absolute Gasteiger partial charge is 0.394 e. The number of nitrogens with one attached hydrogen (secondary N) is 1. The second-order valence-corrected chi connectivity index (χ2v) is 5.45. The van der Waals surface area contributed by atoms with Gasteiger partial charge < -0.3 is 15.3 Å². The molecule has 2 N–H and O–H groups in total. The zero-order valence-electron chi connectivity index (χ0n) is 12.3. The first-order chi connectivity index (χ1) is 8.95. The summed E-state index contributed by atoms with van der Waals surface area (Å²) in [6.45, 7) is 7.74. The molecule has 0 fully saturated rings. The van der Waals surface area contributed by atoms with Crippen molar-refractivity contribution in [3.63, 3.8) is 0 Å². The van der Waals surface area contributed by atoms with E-state index < -0.39 is 0 Å². The van der Waals surface area contributed by atoms with E-state index in [1.54, 1.807) is 24.1 Å². The van der Waals surface area contributed by atoms with E-state index in [9.17, 15) is 4.39 Å². The Hall–Kier alpha value is -1.13. The lowest BCUT2D eigenvalue weighted by Gasteiger charge is -2.26. The van der Waals surface area contributed by atoms with Crippen LogP contribution in [0.1, 0.15) is 26.3 Å². The van der Waals surface area contributed by atoms with Crippen LogP contribution in [0.15, 0.2) is 18.2 Å². The third-order valence-electron chi connectivity index (χ3n) is 3.20. The van der Waals surface area contributed by atoms with Gasteiger partial charge in [0.1, 0.15) is 5.82 Å². The lowest BCUT2D eigenvalue weighted by Crippen LogP contribution is -2.32. The van der Waals surface area contributed by atoms with Gasteiger partial charge in [0.2, 0.25) is 0 Å². The third kappa shape index (κ3) is 4.80. The topological polar surface area (TPSA) is 35.5 Å². The maximum Gasteiger partial charge on any atom is 0.146 e. The number of aliphatic hydroxyl groups is 1. The number of aliphatic hydroxyl groups excluding tert-OH is 1. The van der Waals surface area contributed by atoms with Crippen molar-refractivity contribution in [3.05, 3.63) is 29.6 Å². The molecule has 3 nitrogen and oxygen atoms in total. The molecule has 0 saturated carbocycles. The van der Waals surface area contributed by atoms with Crippen LogP contribution >= 0.6 is 0 Å². The second-order valence-electron chi connectivity index (χ2n) is 5.45. The summed E-state index contributed by atoms with van der Waals surface area (Å²) in [6, 6.07) is 5.16. The van der Waals surface area contributed by atoms with Crippen LogP contribution in [0.5, 0.6) is 0 Å². The predicted octanol–water partition coefficient (Wildman–Crippen LogP) is 2.39. The molecule has 1 aromatic carbocycles. The van der Waals surface area contributed by atoms with Gasteiger partial charge in [-0.25, -0.2) is 4.39 Å². The van der Waals surface area contributed by atoms with Crippen molar-refractivity contribution in [1.82, 2.24) is 5.32 Å². The van der Waals surface area contributed by atoms with E-state index in [4.69, 9.17) is 5.11 Å². The minimum Gasteiger partial charge on any atom is -0.394 e. The molecule has 1 aromatic rings. The number of rotatable bonds is 7. The molecule has 0 bridgehead atoms. The lowest BCUT2D eigenvalue weighted by atomic mass is 10.1. The number of hydrogen-bond donors (Lipinski definition) is 2. The van der Waals surface area contributed by atoms with Crippen LogP contribution in [0.25, 0.3) is 0 Å². The van der Waals surface area contributed by atoms with Crippen molar-refractivity contribution >= 4 is 5.69 Å². The number of nitrogens with zero attached hydrogens (tertiary/aromatic N) is 1. The Morgan fingerprint density at radius 2 is 2.00 bits per heavy atom. The van der Waals surface area contributed by atoms with E-state index in [0.29, 0.717) is 18.2 Å². The molecule has 0 spiro atoms. The number of benzene rings is 1. The summed E-state index contributed by atoms with van der Waals surface area (Å²) < 4.78 is 14.0. The summed E-state index contributed by atoms with van der Waals surface area (Å²) in [4.78, 5) is 1.75.